The van der Waals surface area contributed by atoms with Crippen molar-refractivity contribution in [1.29, 1.82) is 0 Å². The lowest BCUT2D eigenvalue weighted by molar-refractivity contribution is 0.0935. The first-order valence-corrected chi connectivity index (χ1v) is 10.6. The maximum Gasteiger partial charge on any atom is 0.251 e. The highest BCUT2D eigenvalue weighted by molar-refractivity contribution is 9.10. The molecule has 4 heteroatoms. The molecule has 1 heterocycles. The third-order valence-electron chi connectivity index (χ3n) is 5.19. The molecule has 0 aliphatic rings. The second-order valence-corrected chi connectivity index (χ2v) is 8.11. The first kappa shape index (κ1) is 19.5. The molecule has 1 N–H and O–H groups in total. The highest BCUT2D eigenvalue weighted by atomic mass is 79.9. The van der Waals surface area contributed by atoms with E-state index < -0.39 is 0 Å². The lowest BCUT2D eigenvalue weighted by atomic mass is 10.0. The van der Waals surface area contributed by atoms with E-state index in [1.165, 1.54) is 5.56 Å². The first-order valence-electron chi connectivity index (χ1n) is 9.83. The monoisotopic (exact) mass is 446 g/mol. The van der Waals surface area contributed by atoms with E-state index in [0.29, 0.717) is 5.56 Å². The SMILES string of the molecule is CCC(NC(=O)c1ccc2c(ccn2Cc2cccc(Br)c2)c1)c1ccccc1. The lowest BCUT2D eigenvalue weighted by Gasteiger charge is -2.17. The molecule has 3 nitrogen and oxygen atoms in total. The Hall–Kier alpha value is -2.85. The van der Waals surface area contributed by atoms with Gasteiger partial charge in [-0.25, -0.2) is 0 Å². The average Bonchev–Trinajstić information content (AvgIpc) is 3.14. The van der Waals surface area contributed by atoms with E-state index in [1.54, 1.807) is 0 Å². The fraction of sp³-hybridized carbons (Fsp3) is 0.160. The summed E-state index contributed by atoms with van der Waals surface area (Å²) in [5.74, 6) is -0.0395. The quantitative estimate of drug-likeness (QED) is 0.368. The summed E-state index contributed by atoms with van der Waals surface area (Å²) >= 11 is 3.53. The zero-order valence-electron chi connectivity index (χ0n) is 16.3. The van der Waals surface area contributed by atoms with E-state index in [0.717, 1.165) is 33.9 Å². The van der Waals surface area contributed by atoms with Crippen LogP contribution in [0.5, 0.6) is 0 Å². The fourth-order valence-corrected chi connectivity index (χ4v) is 4.11. The van der Waals surface area contributed by atoms with Crippen LogP contribution in [0.3, 0.4) is 0 Å². The zero-order chi connectivity index (χ0) is 20.2. The summed E-state index contributed by atoms with van der Waals surface area (Å²) < 4.78 is 3.28. The third-order valence-corrected chi connectivity index (χ3v) is 5.68. The number of hydrogen-bond acceptors (Lipinski definition) is 1. The number of nitrogens with zero attached hydrogens (tertiary/aromatic N) is 1. The molecule has 3 aromatic carbocycles. The first-order chi connectivity index (χ1) is 14.1. The Morgan fingerprint density at radius 3 is 2.59 bits per heavy atom. The highest BCUT2D eigenvalue weighted by Gasteiger charge is 2.15. The predicted molar refractivity (Wildman–Crippen MR) is 122 cm³/mol. The van der Waals surface area contributed by atoms with Crippen LogP contribution >= 0.6 is 15.9 Å². The topological polar surface area (TPSA) is 34.0 Å². The minimum atomic E-state index is -0.0395. The summed E-state index contributed by atoms with van der Waals surface area (Å²) in [5, 5.41) is 4.24. The molecule has 4 rings (SSSR count). The van der Waals surface area contributed by atoms with Crippen LogP contribution < -0.4 is 5.32 Å². The molecule has 0 fully saturated rings. The van der Waals surface area contributed by atoms with Gasteiger partial charge in [0.1, 0.15) is 0 Å². The summed E-state index contributed by atoms with van der Waals surface area (Å²) in [6.45, 7) is 2.88. The highest BCUT2D eigenvalue weighted by Crippen LogP contribution is 2.22. The van der Waals surface area contributed by atoms with Gasteiger partial charge in [-0.3, -0.25) is 4.79 Å². The van der Waals surface area contributed by atoms with Crippen molar-refractivity contribution < 1.29 is 4.79 Å². The van der Waals surface area contributed by atoms with Gasteiger partial charge in [-0.05, 0) is 53.9 Å². The minimum absolute atomic E-state index is 0.0144. The van der Waals surface area contributed by atoms with Crippen LogP contribution in [-0.4, -0.2) is 10.5 Å². The Morgan fingerprint density at radius 2 is 1.83 bits per heavy atom. The number of rotatable bonds is 6. The Balaban J connectivity index is 1.54. The van der Waals surface area contributed by atoms with Crippen molar-refractivity contribution in [3.8, 4) is 0 Å². The van der Waals surface area contributed by atoms with Crippen molar-refractivity contribution in [2.75, 3.05) is 0 Å². The van der Waals surface area contributed by atoms with Gasteiger partial charge in [0, 0.05) is 33.7 Å². The molecule has 0 aliphatic heterocycles. The number of hydrogen-bond donors (Lipinski definition) is 1. The molecule has 0 radical (unpaired) electrons. The summed E-state index contributed by atoms with van der Waals surface area (Å²) in [4.78, 5) is 12.8. The summed E-state index contributed by atoms with van der Waals surface area (Å²) in [6, 6.07) is 26.4. The van der Waals surface area contributed by atoms with Crippen molar-refractivity contribution in [3.05, 3.63) is 106 Å². The van der Waals surface area contributed by atoms with Gasteiger partial charge in [-0.2, -0.15) is 0 Å². The largest absolute Gasteiger partial charge is 0.345 e. The second-order valence-electron chi connectivity index (χ2n) is 7.19. The molecule has 0 aliphatic carbocycles. The molecular weight excluding hydrogens is 424 g/mol. The van der Waals surface area contributed by atoms with Crippen molar-refractivity contribution in [2.45, 2.75) is 25.9 Å². The molecule has 4 aromatic rings. The van der Waals surface area contributed by atoms with Crippen molar-refractivity contribution in [3.63, 3.8) is 0 Å². The van der Waals surface area contributed by atoms with Gasteiger partial charge in [0.2, 0.25) is 0 Å². The van der Waals surface area contributed by atoms with E-state index in [2.05, 4.69) is 69.3 Å². The van der Waals surface area contributed by atoms with Gasteiger partial charge in [0.25, 0.3) is 5.91 Å². The normalized spacial score (nSPS) is 12.1. The smallest absolute Gasteiger partial charge is 0.251 e. The van der Waals surface area contributed by atoms with Crippen LogP contribution in [0.15, 0.2) is 89.5 Å². The molecule has 29 heavy (non-hydrogen) atoms. The molecule has 1 atom stereocenters. The molecule has 0 spiro atoms. The molecule has 0 saturated carbocycles. The number of fused-ring (bicyclic) bond motifs is 1. The Morgan fingerprint density at radius 1 is 1.00 bits per heavy atom. The van der Waals surface area contributed by atoms with E-state index >= 15 is 0 Å². The van der Waals surface area contributed by atoms with Crippen LogP contribution in [0.2, 0.25) is 0 Å². The van der Waals surface area contributed by atoms with Crippen molar-refractivity contribution in [1.82, 2.24) is 9.88 Å². The summed E-state index contributed by atoms with van der Waals surface area (Å²) in [5.41, 5.74) is 4.17. The van der Waals surface area contributed by atoms with Crippen LogP contribution in [0, 0.1) is 0 Å². The number of nitrogens with one attached hydrogen (secondary N) is 1. The van der Waals surface area contributed by atoms with Gasteiger partial charge >= 0.3 is 0 Å². The Bertz CT molecular complexity index is 1130. The maximum atomic E-state index is 12.8. The average molecular weight is 447 g/mol. The van der Waals surface area contributed by atoms with Gasteiger partial charge in [-0.15, -0.1) is 0 Å². The van der Waals surface area contributed by atoms with Crippen molar-refractivity contribution >= 4 is 32.7 Å². The third kappa shape index (κ3) is 4.43. The molecular formula is C25H23BrN2O. The van der Waals surface area contributed by atoms with Gasteiger partial charge in [0.05, 0.1) is 6.04 Å². The standard InChI is InChI=1S/C25H23BrN2O/c1-2-23(19-8-4-3-5-9-19)27-25(29)21-11-12-24-20(16-21)13-14-28(24)17-18-7-6-10-22(26)15-18/h3-16,23H,2,17H2,1H3,(H,27,29). The van der Waals surface area contributed by atoms with E-state index in [4.69, 9.17) is 0 Å². The molecule has 0 bridgehead atoms. The Kier molecular flexibility index (Phi) is 5.81. The van der Waals surface area contributed by atoms with Gasteiger partial charge in [0.15, 0.2) is 0 Å². The number of benzene rings is 3. The Labute approximate surface area is 179 Å². The summed E-state index contributed by atoms with van der Waals surface area (Å²) in [6.07, 6.45) is 2.92. The number of carbonyl (C=O) groups is 1. The van der Waals surface area contributed by atoms with Crippen LogP contribution in [0.1, 0.15) is 40.9 Å². The fourth-order valence-electron chi connectivity index (χ4n) is 3.66. The maximum absolute atomic E-state index is 12.8. The number of halogens is 1. The summed E-state index contributed by atoms with van der Waals surface area (Å²) in [7, 11) is 0. The molecule has 1 aromatic heterocycles. The van der Waals surface area contributed by atoms with Crippen LogP contribution in [-0.2, 0) is 6.54 Å². The molecule has 1 unspecified atom stereocenters. The van der Waals surface area contributed by atoms with E-state index in [9.17, 15) is 4.79 Å². The molecule has 146 valence electrons. The van der Waals surface area contributed by atoms with Crippen LogP contribution in [0.4, 0.5) is 0 Å². The molecule has 1 amide bonds. The predicted octanol–water partition coefficient (Wildman–Crippen LogP) is 6.33. The number of carbonyl (C=O) groups excluding carboxylic acids is 1. The van der Waals surface area contributed by atoms with E-state index in [-0.39, 0.29) is 11.9 Å². The van der Waals surface area contributed by atoms with Crippen LogP contribution in [0.25, 0.3) is 10.9 Å². The number of aromatic nitrogens is 1. The molecule has 0 saturated heterocycles. The lowest BCUT2D eigenvalue weighted by Crippen LogP contribution is -2.28. The second kappa shape index (κ2) is 8.66. The zero-order valence-corrected chi connectivity index (χ0v) is 17.9. The van der Waals surface area contributed by atoms with Gasteiger partial charge < -0.3 is 9.88 Å². The van der Waals surface area contributed by atoms with Crippen molar-refractivity contribution in [2.24, 2.45) is 0 Å². The minimum Gasteiger partial charge on any atom is -0.345 e. The number of amides is 1. The van der Waals surface area contributed by atoms with Gasteiger partial charge in [-0.1, -0.05) is 65.3 Å². The van der Waals surface area contributed by atoms with E-state index in [1.807, 2.05) is 48.5 Å².